The monoisotopic (exact) mass is 663 g/mol. The Bertz CT molecular complexity index is 1920. The molecule has 3 aliphatic carbocycles. The van der Waals surface area contributed by atoms with Gasteiger partial charge >= 0.3 is 0 Å². The number of aromatic hydroxyl groups is 1. The van der Waals surface area contributed by atoms with Gasteiger partial charge in [-0.3, -0.25) is 28.9 Å². The molecule has 45 heavy (non-hydrogen) atoms. The van der Waals surface area contributed by atoms with Gasteiger partial charge in [-0.05, 0) is 65.0 Å². The van der Waals surface area contributed by atoms with Crippen molar-refractivity contribution in [2.45, 2.75) is 18.8 Å². The quantitative estimate of drug-likeness (QED) is 0.163. The lowest BCUT2D eigenvalue weighted by molar-refractivity contribution is -0.123. The minimum absolute atomic E-state index is 0.107. The van der Waals surface area contributed by atoms with Crippen LogP contribution in [-0.2, 0) is 19.2 Å². The molecule has 0 unspecified atom stereocenters. The number of phenolic OH excluding ortho intramolecular Hbond substituents is 1. The number of rotatable bonds is 5. The zero-order valence-corrected chi connectivity index (χ0v) is 25.6. The highest BCUT2D eigenvalue weighted by Crippen LogP contribution is 2.56. The Hall–Kier alpha value is -4.89. The normalized spacial score (nSPS) is 24.1. The Morgan fingerprint density at radius 3 is 2.31 bits per heavy atom. The standard InChI is InChI=1S/C36H26BrNO7/c1-45-21-11-12-23(28(39)15-21)30-22-13-14-24-31(25(22)16-26-32(30)29(40)17-27(37)34(26)42)36(44)38(35(24)43)20-9-7-19(8-10-20)33(41)18-5-3-2-4-6-18/h2-13,15,17,24-25,30-31,39H,14,16H2,1H3/t24-,25+,30+,31-/m0/s1. The van der Waals surface area contributed by atoms with Crippen molar-refractivity contribution in [3.63, 3.8) is 0 Å². The van der Waals surface area contributed by atoms with Crippen molar-refractivity contribution in [3.05, 3.63) is 123 Å². The molecule has 0 spiro atoms. The number of carbonyl (C=O) groups is 5. The summed E-state index contributed by atoms with van der Waals surface area (Å²) in [5.74, 6) is -4.05. The number of hydrogen-bond acceptors (Lipinski definition) is 7. The van der Waals surface area contributed by atoms with E-state index in [1.54, 1.807) is 60.7 Å². The van der Waals surface area contributed by atoms with E-state index in [9.17, 15) is 29.1 Å². The third kappa shape index (κ3) is 4.52. The van der Waals surface area contributed by atoms with Gasteiger partial charge in [0, 0.05) is 45.9 Å². The predicted molar refractivity (Wildman–Crippen MR) is 168 cm³/mol. The van der Waals surface area contributed by atoms with Crippen molar-refractivity contribution in [2.75, 3.05) is 12.0 Å². The summed E-state index contributed by atoms with van der Waals surface area (Å²) in [7, 11) is 1.48. The van der Waals surface area contributed by atoms with Crippen LogP contribution in [0.4, 0.5) is 5.69 Å². The van der Waals surface area contributed by atoms with Crippen LogP contribution < -0.4 is 9.64 Å². The van der Waals surface area contributed by atoms with Crippen LogP contribution in [0.1, 0.15) is 40.2 Å². The molecule has 3 aromatic rings. The minimum Gasteiger partial charge on any atom is -0.507 e. The van der Waals surface area contributed by atoms with Crippen LogP contribution in [0.3, 0.4) is 0 Å². The molecule has 4 atom stereocenters. The van der Waals surface area contributed by atoms with Gasteiger partial charge in [-0.25, -0.2) is 0 Å². The highest BCUT2D eigenvalue weighted by Gasteiger charge is 2.57. The van der Waals surface area contributed by atoms with E-state index in [1.807, 2.05) is 12.1 Å². The van der Waals surface area contributed by atoms with Crippen LogP contribution in [0.5, 0.6) is 11.5 Å². The third-order valence-electron chi connectivity index (χ3n) is 9.30. The van der Waals surface area contributed by atoms with E-state index in [0.29, 0.717) is 28.1 Å². The first kappa shape index (κ1) is 28.9. The number of methoxy groups -OCH3 is 1. The molecule has 224 valence electrons. The predicted octanol–water partition coefficient (Wildman–Crippen LogP) is 5.60. The van der Waals surface area contributed by atoms with Crippen LogP contribution >= 0.6 is 15.9 Å². The fourth-order valence-electron chi connectivity index (χ4n) is 7.23. The minimum atomic E-state index is -0.779. The second kappa shape index (κ2) is 10.9. The molecule has 0 radical (unpaired) electrons. The number of allylic oxidation sites excluding steroid dienone is 6. The number of carbonyl (C=O) groups excluding carboxylic acids is 5. The second-order valence-electron chi connectivity index (χ2n) is 11.6. The molecule has 9 heteroatoms. The average Bonchev–Trinajstić information content (AvgIpc) is 3.32. The molecular formula is C36H26BrNO7. The maximum Gasteiger partial charge on any atom is 0.238 e. The SMILES string of the molecule is COc1ccc([C@H]2C3=CC[C@@H]4C(=O)N(c5ccc(C(=O)c6ccccc6)cc5)C(=O)[C@@H]4[C@@H]3CC3=C2C(=O)C=C(Br)C3=O)c(O)c1. The number of phenols is 1. The Morgan fingerprint density at radius 1 is 0.911 bits per heavy atom. The third-order valence-corrected chi connectivity index (χ3v) is 9.89. The molecule has 1 saturated heterocycles. The van der Waals surface area contributed by atoms with Gasteiger partial charge in [0.25, 0.3) is 0 Å². The van der Waals surface area contributed by atoms with Crippen molar-refractivity contribution in [2.24, 2.45) is 17.8 Å². The number of nitrogens with zero attached hydrogens (tertiary/aromatic N) is 1. The van der Waals surface area contributed by atoms with Crippen molar-refractivity contribution in [1.29, 1.82) is 0 Å². The summed E-state index contributed by atoms with van der Waals surface area (Å²) in [4.78, 5) is 68.9. The number of hydrogen-bond donors (Lipinski definition) is 1. The summed E-state index contributed by atoms with van der Waals surface area (Å²) < 4.78 is 5.38. The number of ketones is 3. The number of amides is 2. The van der Waals surface area contributed by atoms with E-state index in [4.69, 9.17) is 4.74 Å². The highest BCUT2D eigenvalue weighted by molar-refractivity contribution is 9.12. The zero-order chi connectivity index (χ0) is 31.6. The topological polar surface area (TPSA) is 118 Å². The van der Waals surface area contributed by atoms with Crippen LogP contribution in [0.2, 0.25) is 0 Å². The molecule has 8 nitrogen and oxygen atoms in total. The Balaban J connectivity index is 1.26. The van der Waals surface area contributed by atoms with Gasteiger partial charge in [0.2, 0.25) is 11.8 Å². The van der Waals surface area contributed by atoms with E-state index in [2.05, 4.69) is 15.9 Å². The molecule has 3 aromatic carbocycles. The highest BCUT2D eigenvalue weighted by atomic mass is 79.9. The van der Waals surface area contributed by atoms with Crippen LogP contribution in [-0.4, -0.2) is 41.4 Å². The fourth-order valence-corrected chi connectivity index (χ4v) is 7.68. The Labute approximate surface area is 266 Å². The van der Waals surface area contributed by atoms with Gasteiger partial charge in [-0.2, -0.15) is 0 Å². The number of halogens is 1. The van der Waals surface area contributed by atoms with Gasteiger partial charge in [-0.15, -0.1) is 0 Å². The zero-order valence-electron chi connectivity index (χ0n) is 24.0. The first-order chi connectivity index (χ1) is 21.7. The molecular weight excluding hydrogens is 638 g/mol. The van der Waals surface area contributed by atoms with Crippen LogP contribution in [0.15, 0.2) is 106 Å². The maximum absolute atomic E-state index is 14.2. The van der Waals surface area contributed by atoms with Crippen molar-refractivity contribution >= 4 is 50.8 Å². The number of benzene rings is 3. The van der Waals surface area contributed by atoms with E-state index in [0.717, 1.165) is 5.57 Å². The molecule has 1 aliphatic heterocycles. The van der Waals surface area contributed by atoms with E-state index < -0.39 is 29.6 Å². The molecule has 1 fully saturated rings. The summed E-state index contributed by atoms with van der Waals surface area (Å²) in [5.41, 5.74) is 3.02. The molecule has 4 aliphatic rings. The number of ether oxygens (including phenoxy) is 1. The lowest BCUT2D eigenvalue weighted by atomic mass is 9.59. The lowest BCUT2D eigenvalue weighted by Crippen LogP contribution is -2.39. The first-order valence-corrected chi connectivity index (χ1v) is 15.3. The molecule has 0 bridgehead atoms. The summed E-state index contributed by atoms with van der Waals surface area (Å²) in [6.07, 6.45) is 3.52. The number of imide groups is 1. The summed E-state index contributed by atoms with van der Waals surface area (Å²) in [5, 5.41) is 11.1. The summed E-state index contributed by atoms with van der Waals surface area (Å²) in [6.45, 7) is 0. The Kier molecular flexibility index (Phi) is 7.00. The van der Waals surface area contributed by atoms with Crippen molar-refractivity contribution < 1.29 is 33.8 Å². The molecule has 7 rings (SSSR count). The number of Topliss-reactive ketones (excluding diaryl/α,β-unsaturated/α-hetero) is 1. The van der Waals surface area contributed by atoms with Gasteiger partial charge in [-0.1, -0.05) is 48.0 Å². The van der Waals surface area contributed by atoms with Gasteiger partial charge in [0.05, 0.1) is 29.1 Å². The van der Waals surface area contributed by atoms with E-state index in [1.165, 1.54) is 24.2 Å². The van der Waals surface area contributed by atoms with Crippen molar-refractivity contribution in [3.8, 4) is 11.5 Å². The molecule has 1 heterocycles. The molecule has 0 saturated carbocycles. The van der Waals surface area contributed by atoms with Gasteiger partial charge < -0.3 is 9.84 Å². The fraction of sp³-hybridized carbons (Fsp3) is 0.194. The second-order valence-corrected chi connectivity index (χ2v) is 12.4. The van der Waals surface area contributed by atoms with Crippen LogP contribution in [0, 0.1) is 17.8 Å². The lowest BCUT2D eigenvalue weighted by Gasteiger charge is -2.42. The molecule has 1 N–H and O–H groups in total. The molecule has 0 aromatic heterocycles. The number of fused-ring (bicyclic) bond motifs is 3. The largest absolute Gasteiger partial charge is 0.507 e. The van der Waals surface area contributed by atoms with E-state index in [-0.39, 0.29) is 57.5 Å². The molecule has 2 amide bonds. The van der Waals surface area contributed by atoms with Gasteiger partial charge in [0.15, 0.2) is 17.3 Å². The Morgan fingerprint density at radius 2 is 1.62 bits per heavy atom. The van der Waals surface area contributed by atoms with Crippen molar-refractivity contribution in [1.82, 2.24) is 0 Å². The smallest absolute Gasteiger partial charge is 0.238 e. The summed E-state index contributed by atoms with van der Waals surface area (Å²) >= 11 is 3.23. The summed E-state index contributed by atoms with van der Waals surface area (Å²) in [6, 6.07) is 20.0. The maximum atomic E-state index is 14.2. The van der Waals surface area contributed by atoms with Gasteiger partial charge in [0.1, 0.15) is 11.5 Å². The first-order valence-electron chi connectivity index (χ1n) is 14.5. The number of anilines is 1. The average molecular weight is 665 g/mol. The van der Waals surface area contributed by atoms with E-state index >= 15 is 0 Å². The van der Waals surface area contributed by atoms with Crippen LogP contribution in [0.25, 0.3) is 0 Å².